The van der Waals surface area contributed by atoms with Crippen molar-refractivity contribution in [3.8, 4) is 0 Å². The fourth-order valence-corrected chi connectivity index (χ4v) is 2.26. The van der Waals surface area contributed by atoms with Gasteiger partial charge in [0.1, 0.15) is 12.2 Å². The number of hydrogen-bond acceptors (Lipinski definition) is 3. The molecule has 0 aliphatic heterocycles. The maximum atomic E-state index is 4.10. The smallest absolute Gasteiger partial charge is 0.137 e. The van der Waals surface area contributed by atoms with Crippen LogP contribution in [0.25, 0.3) is 0 Å². The minimum Gasteiger partial charge on any atom is -0.312 e. The van der Waals surface area contributed by atoms with Gasteiger partial charge >= 0.3 is 0 Å². The topological polar surface area (TPSA) is 53.6 Å². The summed E-state index contributed by atoms with van der Waals surface area (Å²) in [5.41, 5.74) is 5.45. The van der Waals surface area contributed by atoms with E-state index in [-0.39, 0.29) is 0 Å². The van der Waals surface area contributed by atoms with Crippen molar-refractivity contribution in [3.63, 3.8) is 0 Å². The molecule has 0 aliphatic rings. The standard InChI is InChI=1S/C14H20N4/c1-10-6-11(2)13(12(3)7-10)8-15-5-4-14-16-9-17-18-14/h6-7,9,15H,4-5,8H2,1-3H3,(H,16,17,18). The van der Waals surface area contributed by atoms with Crippen LogP contribution in [0, 0.1) is 20.8 Å². The predicted octanol–water partition coefficient (Wildman–Crippen LogP) is 2.06. The fourth-order valence-electron chi connectivity index (χ4n) is 2.26. The monoisotopic (exact) mass is 244 g/mol. The van der Waals surface area contributed by atoms with E-state index in [1.807, 2.05) is 0 Å². The Morgan fingerprint density at radius 2 is 1.89 bits per heavy atom. The van der Waals surface area contributed by atoms with E-state index < -0.39 is 0 Å². The van der Waals surface area contributed by atoms with Gasteiger partial charge in [-0.1, -0.05) is 17.7 Å². The molecule has 0 atom stereocenters. The lowest BCUT2D eigenvalue weighted by Gasteiger charge is -2.12. The van der Waals surface area contributed by atoms with Gasteiger partial charge in [-0.05, 0) is 37.5 Å². The Balaban J connectivity index is 1.87. The number of nitrogens with one attached hydrogen (secondary N) is 2. The molecule has 1 heterocycles. The second kappa shape index (κ2) is 5.78. The van der Waals surface area contributed by atoms with E-state index in [1.54, 1.807) is 6.33 Å². The first-order chi connectivity index (χ1) is 8.66. The third-order valence-electron chi connectivity index (χ3n) is 3.15. The van der Waals surface area contributed by atoms with E-state index in [0.717, 1.165) is 25.3 Å². The molecule has 4 heteroatoms. The van der Waals surface area contributed by atoms with Crippen LogP contribution in [0.3, 0.4) is 0 Å². The molecule has 0 radical (unpaired) electrons. The maximum Gasteiger partial charge on any atom is 0.137 e. The Morgan fingerprint density at radius 3 is 2.50 bits per heavy atom. The van der Waals surface area contributed by atoms with Gasteiger partial charge in [-0.15, -0.1) is 0 Å². The molecule has 0 spiro atoms. The van der Waals surface area contributed by atoms with Crippen LogP contribution in [0.15, 0.2) is 18.5 Å². The molecule has 0 amide bonds. The highest BCUT2D eigenvalue weighted by Crippen LogP contribution is 2.15. The van der Waals surface area contributed by atoms with Crippen LogP contribution in [-0.2, 0) is 13.0 Å². The van der Waals surface area contributed by atoms with E-state index in [9.17, 15) is 0 Å². The number of benzene rings is 1. The SMILES string of the molecule is Cc1cc(C)c(CNCCc2ncn[nH]2)c(C)c1. The van der Waals surface area contributed by atoms with Gasteiger partial charge in [-0.2, -0.15) is 5.10 Å². The van der Waals surface area contributed by atoms with Crippen LogP contribution in [0.1, 0.15) is 28.1 Å². The van der Waals surface area contributed by atoms with E-state index in [1.165, 1.54) is 22.3 Å². The van der Waals surface area contributed by atoms with Crippen molar-refractivity contribution in [2.45, 2.75) is 33.7 Å². The van der Waals surface area contributed by atoms with Crippen LogP contribution in [0.5, 0.6) is 0 Å². The summed E-state index contributed by atoms with van der Waals surface area (Å²) >= 11 is 0. The molecule has 0 unspecified atom stereocenters. The van der Waals surface area contributed by atoms with Gasteiger partial charge in [-0.3, -0.25) is 5.10 Å². The number of aromatic amines is 1. The van der Waals surface area contributed by atoms with E-state index in [2.05, 4.69) is 53.4 Å². The third kappa shape index (κ3) is 3.17. The Bertz CT molecular complexity index is 480. The number of nitrogens with zero attached hydrogens (tertiary/aromatic N) is 2. The molecule has 0 saturated heterocycles. The Labute approximate surface area is 108 Å². The Hall–Kier alpha value is -1.68. The number of H-pyrrole nitrogens is 1. The number of rotatable bonds is 5. The summed E-state index contributed by atoms with van der Waals surface area (Å²) < 4.78 is 0. The van der Waals surface area contributed by atoms with Crippen LogP contribution in [0.4, 0.5) is 0 Å². The molecule has 0 saturated carbocycles. The summed E-state index contributed by atoms with van der Waals surface area (Å²) in [5, 5.41) is 10.2. The molecule has 18 heavy (non-hydrogen) atoms. The zero-order valence-electron chi connectivity index (χ0n) is 11.2. The number of aromatic nitrogens is 3. The predicted molar refractivity (Wildman–Crippen MR) is 72.4 cm³/mol. The first kappa shape index (κ1) is 12.8. The largest absolute Gasteiger partial charge is 0.312 e. The van der Waals surface area contributed by atoms with Gasteiger partial charge in [0, 0.05) is 19.5 Å². The summed E-state index contributed by atoms with van der Waals surface area (Å²) in [6.07, 6.45) is 2.42. The Morgan fingerprint density at radius 1 is 1.17 bits per heavy atom. The third-order valence-corrected chi connectivity index (χ3v) is 3.15. The lowest BCUT2D eigenvalue weighted by atomic mass is 10.00. The quantitative estimate of drug-likeness (QED) is 0.792. The van der Waals surface area contributed by atoms with Gasteiger partial charge < -0.3 is 5.32 Å². The van der Waals surface area contributed by atoms with Crippen molar-refractivity contribution in [1.82, 2.24) is 20.5 Å². The molecule has 1 aromatic carbocycles. The van der Waals surface area contributed by atoms with Crippen molar-refractivity contribution < 1.29 is 0 Å². The van der Waals surface area contributed by atoms with Crippen molar-refractivity contribution >= 4 is 0 Å². The highest BCUT2D eigenvalue weighted by molar-refractivity contribution is 5.37. The first-order valence-corrected chi connectivity index (χ1v) is 6.28. The van der Waals surface area contributed by atoms with Gasteiger partial charge in [-0.25, -0.2) is 4.98 Å². The van der Waals surface area contributed by atoms with Crippen LogP contribution >= 0.6 is 0 Å². The normalized spacial score (nSPS) is 10.8. The molecule has 4 nitrogen and oxygen atoms in total. The molecule has 0 fully saturated rings. The number of hydrogen-bond donors (Lipinski definition) is 2. The van der Waals surface area contributed by atoms with Gasteiger partial charge in [0.25, 0.3) is 0 Å². The number of aryl methyl sites for hydroxylation is 3. The van der Waals surface area contributed by atoms with Crippen LogP contribution < -0.4 is 5.32 Å². The van der Waals surface area contributed by atoms with Gasteiger partial charge in [0.05, 0.1) is 0 Å². The molecule has 2 aromatic rings. The fraction of sp³-hybridized carbons (Fsp3) is 0.429. The molecule has 0 aliphatic carbocycles. The molecule has 2 rings (SSSR count). The van der Waals surface area contributed by atoms with Gasteiger partial charge in [0.15, 0.2) is 0 Å². The minimum atomic E-state index is 0.879. The van der Waals surface area contributed by atoms with Crippen molar-refractivity contribution in [2.24, 2.45) is 0 Å². The van der Waals surface area contributed by atoms with Crippen LogP contribution in [-0.4, -0.2) is 21.7 Å². The summed E-state index contributed by atoms with van der Waals surface area (Å²) in [7, 11) is 0. The molecule has 96 valence electrons. The summed E-state index contributed by atoms with van der Waals surface area (Å²) in [4.78, 5) is 4.10. The lowest BCUT2D eigenvalue weighted by Crippen LogP contribution is -2.18. The summed E-state index contributed by atoms with van der Waals surface area (Å²) in [5.74, 6) is 0.930. The van der Waals surface area contributed by atoms with E-state index in [0.29, 0.717) is 0 Å². The molecule has 2 N–H and O–H groups in total. The lowest BCUT2D eigenvalue weighted by molar-refractivity contribution is 0.667. The Kier molecular flexibility index (Phi) is 4.10. The van der Waals surface area contributed by atoms with Crippen LogP contribution in [0.2, 0.25) is 0 Å². The van der Waals surface area contributed by atoms with Crippen molar-refractivity contribution in [1.29, 1.82) is 0 Å². The average molecular weight is 244 g/mol. The summed E-state index contributed by atoms with van der Waals surface area (Å²) in [6.45, 7) is 8.30. The van der Waals surface area contributed by atoms with E-state index in [4.69, 9.17) is 0 Å². The minimum absolute atomic E-state index is 0.879. The van der Waals surface area contributed by atoms with Crippen molar-refractivity contribution in [3.05, 3.63) is 46.5 Å². The molecular formula is C14H20N4. The molecule has 1 aromatic heterocycles. The zero-order valence-corrected chi connectivity index (χ0v) is 11.2. The second-order valence-electron chi connectivity index (χ2n) is 4.74. The van der Waals surface area contributed by atoms with Crippen molar-refractivity contribution in [2.75, 3.05) is 6.54 Å². The highest BCUT2D eigenvalue weighted by atomic mass is 15.2. The zero-order chi connectivity index (χ0) is 13.0. The molecular weight excluding hydrogens is 224 g/mol. The first-order valence-electron chi connectivity index (χ1n) is 6.28. The maximum absolute atomic E-state index is 4.10. The average Bonchev–Trinajstić information content (AvgIpc) is 2.79. The molecule has 0 bridgehead atoms. The van der Waals surface area contributed by atoms with E-state index >= 15 is 0 Å². The van der Waals surface area contributed by atoms with Gasteiger partial charge in [0.2, 0.25) is 0 Å². The highest BCUT2D eigenvalue weighted by Gasteiger charge is 2.03. The second-order valence-corrected chi connectivity index (χ2v) is 4.74. The summed E-state index contributed by atoms with van der Waals surface area (Å²) in [6, 6.07) is 4.47.